The Morgan fingerprint density at radius 1 is 1.40 bits per heavy atom. The minimum Gasteiger partial charge on any atom is -0.505 e. The Morgan fingerprint density at radius 2 is 2.00 bits per heavy atom. The Morgan fingerprint density at radius 3 is 2.48 bits per heavy atom. The summed E-state index contributed by atoms with van der Waals surface area (Å²) < 4.78 is 26.2. The lowest BCUT2D eigenvalue weighted by atomic mass is 10.1. The van der Waals surface area contributed by atoms with Gasteiger partial charge in [0, 0.05) is 17.8 Å². The van der Waals surface area contributed by atoms with Crippen LogP contribution in [0.1, 0.15) is 5.56 Å². The number of nitriles is 1. The highest BCUT2D eigenvalue weighted by molar-refractivity contribution is 7.90. The highest BCUT2D eigenvalue weighted by Gasteiger charge is 2.17. The van der Waals surface area contributed by atoms with Crippen molar-refractivity contribution in [3.63, 3.8) is 0 Å². The average molecular weight is 419 g/mol. The zero-order valence-electron chi connectivity index (χ0n) is 12.3. The van der Waals surface area contributed by atoms with E-state index in [4.69, 9.17) is 28.5 Å². The van der Waals surface area contributed by atoms with Crippen LogP contribution in [0.4, 0.5) is 5.13 Å². The van der Waals surface area contributed by atoms with Crippen molar-refractivity contribution in [1.82, 2.24) is 9.36 Å². The number of hydrogen-bond acceptors (Lipinski definition) is 8. The number of carbonyl (C=O) groups excluding carboxylic acids is 1. The minimum atomic E-state index is -3.60. The second-order valence-electron chi connectivity index (χ2n) is 4.61. The van der Waals surface area contributed by atoms with Gasteiger partial charge < -0.3 is 5.11 Å². The average Bonchev–Trinajstić information content (AvgIpc) is 2.98. The number of aromatic nitrogens is 2. The number of nitrogens with one attached hydrogen (secondary N) is 1. The van der Waals surface area contributed by atoms with Crippen LogP contribution in [0.25, 0.3) is 6.08 Å². The van der Waals surface area contributed by atoms with Crippen LogP contribution in [0.3, 0.4) is 0 Å². The molecule has 2 rings (SSSR count). The van der Waals surface area contributed by atoms with Gasteiger partial charge in [-0.05, 0) is 23.8 Å². The first kappa shape index (κ1) is 19.1. The third kappa shape index (κ3) is 4.67. The number of phenolic OH excluding ortho intramolecular Hbond substituents is 1. The molecule has 12 heteroatoms. The molecule has 25 heavy (non-hydrogen) atoms. The summed E-state index contributed by atoms with van der Waals surface area (Å²) in [6, 6.07) is 4.34. The van der Waals surface area contributed by atoms with Gasteiger partial charge in [-0.1, -0.05) is 23.2 Å². The maximum Gasteiger partial charge on any atom is 0.268 e. The molecule has 0 aliphatic carbocycles. The number of sulfone groups is 1. The molecule has 0 unspecified atom stereocenters. The molecule has 0 aliphatic heterocycles. The third-order valence-electron chi connectivity index (χ3n) is 2.67. The highest BCUT2D eigenvalue weighted by Crippen LogP contribution is 2.33. The third-order valence-corrected chi connectivity index (χ3v) is 4.84. The first-order valence-electron chi connectivity index (χ1n) is 6.26. The summed E-state index contributed by atoms with van der Waals surface area (Å²) >= 11 is 12.2. The van der Waals surface area contributed by atoms with Gasteiger partial charge >= 0.3 is 0 Å². The van der Waals surface area contributed by atoms with E-state index in [1.165, 1.54) is 18.2 Å². The standard InChI is InChI=1S/C13H8Cl2N4O4S2/c1-25(22,23)13-18-12(24-19-13)17-11(21)7(5-16)2-6-3-8(14)10(20)9(15)4-6/h2-4,20H,1H3,(H,17,18,19,21)/b7-2-. The fourth-order valence-electron chi connectivity index (χ4n) is 1.56. The molecule has 0 saturated heterocycles. The first-order valence-corrected chi connectivity index (χ1v) is 9.69. The van der Waals surface area contributed by atoms with Crippen molar-refractivity contribution in [2.75, 3.05) is 11.6 Å². The van der Waals surface area contributed by atoms with Crippen LogP contribution in [0.15, 0.2) is 22.9 Å². The maximum atomic E-state index is 12.1. The summed E-state index contributed by atoms with van der Waals surface area (Å²) in [4.78, 5) is 15.8. The fraction of sp³-hybridized carbons (Fsp3) is 0.0769. The second-order valence-corrected chi connectivity index (χ2v) is 8.09. The quantitative estimate of drug-likeness (QED) is 0.575. The van der Waals surface area contributed by atoms with E-state index in [0.717, 1.165) is 6.26 Å². The number of anilines is 1. The van der Waals surface area contributed by atoms with Gasteiger partial charge in [-0.15, -0.1) is 0 Å². The van der Waals surface area contributed by atoms with Gasteiger partial charge in [0.15, 0.2) is 5.75 Å². The Balaban J connectivity index is 2.27. The van der Waals surface area contributed by atoms with Crippen molar-refractivity contribution in [2.45, 2.75) is 5.16 Å². The van der Waals surface area contributed by atoms with Crippen molar-refractivity contribution in [2.24, 2.45) is 0 Å². The lowest BCUT2D eigenvalue weighted by Gasteiger charge is -2.03. The summed E-state index contributed by atoms with van der Waals surface area (Å²) in [5.74, 6) is -1.13. The van der Waals surface area contributed by atoms with Crippen LogP contribution < -0.4 is 5.32 Å². The van der Waals surface area contributed by atoms with E-state index in [9.17, 15) is 18.3 Å². The van der Waals surface area contributed by atoms with Crippen molar-refractivity contribution in [3.05, 3.63) is 33.3 Å². The van der Waals surface area contributed by atoms with E-state index >= 15 is 0 Å². The predicted octanol–water partition coefficient (Wildman–Crippen LogP) is 2.50. The van der Waals surface area contributed by atoms with E-state index < -0.39 is 20.9 Å². The highest BCUT2D eigenvalue weighted by atomic mass is 35.5. The smallest absolute Gasteiger partial charge is 0.268 e. The monoisotopic (exact) mass is 418 g/mol. The normalized spacial score (nSPS) is 11.8. The summed E-state index contributed by atoms with van der Waals surface area (Å²) in [7, 11) is -3.60. The number of nitrogens with zero attached hydrogens (tertiary/aromatic N) is 3. The number of aromatic hydroxyl groups is 1. The first-order chi connectivity index (χ1) is 11.6. The van der Waals surface area contributed by atoms with Crippen molar-refractivity contribution < 1.29 is 18.3 Å². The number of phenols is 1. The molecule has 1 aromatic carbocycles. The van der Waals surface area contributed by atoms with Crippen LogP contribution in [0, 0.1) is 11.3 Å². The molecular weight excluding hydrogens is 411 g/mol. The number of benzene rings is 1. The van der Waals surface area contributed by atoms with E-state index in [1.54, 1.807) is 6.07 Å². The molecule has 1 amide bonds. The lowest BCUT2D eigenvalue weighted by Crippen LogP contribution is -2.13. The number of halogens is 2. The Hall–Kier alpha value is -2.19. The molecule has 0 spiro atoms. The lowest BCUT2D eigenvalue weighted by molar-refractivity contribution is -0.112. The fourth-order valence-corrected chi connectivity index (χ4v) is 3.50. The van der Waals surface area contributed by atoms with Gasteiger partial charge in [0.1, 0.15) is 11.6 Å². The van der Waals surface area contributed by atoms with E-state index in [1.807, 2.05) is 0 Å². The summed E-state index contributed by atoms with van der Waals surface area (Å²) in [5, 5.41) is 20.3. The van der Waals surface area contributed by atoms with Crippen LogP contribution in [0.2, 0.25) is 10.0 Å². The summed E-state index contributed by atoms with van der Waals surface area (Å²) in [6.45, 7) is 0. The molecule has 130 valence electrons. The van der Waals surface area contributed by atoms with Crippen molar-refractivity contribution >= 4 is 61.7 Å². The van der Waals surface area contributed by atoms with Gasteiger partial charge in [-0.2, -0.15) is 14.6 Å². The molecule has 1 heterocycles. The van der Waals surface area contributed by atoms with E-state index in [-0.39, 0.29) is 26.5 Å². The predicted molar refractivity (Wildman–Crippen MR) is 93.4 cm³/mol. The zero-order valence-corrected chi connectivity index (χ0v) is 15.5. The topological polar surface area (TPSA) is 133 Å². The summed E-state index contributed by atoms with van der Waals surface area (Å²) in [6.07, 6.45) is 2.13. The molecule has 0 radical (unpaired) electrons. The minimum absolute atomic E-state index is 0.0432. The number of amides is 1. The molecule has 8 nitrogen and oxygen atoms in total. The second kappa shape index (κ2) is 7.37. The van der Waals surface area contributed by atoms with Gasteiger partial charge in [0.05, 0.1) is 10.0 Å². The van der Waals surface area contributed by atoms with Crippen molar-refractivity contribution in [3.8, 4) is 11.8 Å². The molecule has 2 aromatic rings. The number of carbonyl (C=O) groups is 1. The largest absolute Gasteiger partial charge is 0.505 e. The number of hydrogen-bond donors (Lipinski definition) is 2. The molecule has 0 bridgehead atoms. The molecule has 0 atom stereocenters. The summed E-state index contributed by atoms with van der Waals surface area (Å²) in [5.41, 5.74) is 0.00233. The van der Waals surface area contributed by atoms with Gasteiger partial charge in [0.25, 0.3) is 11.1 Å². The molecule has 1 aromatic heterocycles. The Kier molecular flexibility index (Phi) is 5.64. The van der Waals surface area contributed by atoms with Crippen LogP contribution >= 0.6 is 34.7 Å². The maximum absolute atomic E-state index is 12.1. The van der Waals surface area contributed by atoms with Gasteiger partial charge in [-0.25, -0.2) is 8.42 Å². The Bertz CT molecular complexity index is 1000. The zero-order chi connectivity index (χ0) is 18.8. The van der Waals surface area contributed by atoms with Crippen LogP contribution in [-0.4, -0.2) is 35.0 Å². The SMILES string of the molecule is CS(=O)(=O)c1nsc(NC(=O)/C(C#N)=C\c2cc(Cl)c(O)c(Cl)c2)n1. The van der Waals surface area contributed by atoms with E-state index in [2.05, 4.69) is 14.7 Å². The Labute approximate surface area is 156 Å². The van der Waals surface area contributed by atoms with Crippen LogP contribution in [-0.2, 0) is 14.6 Å². The van der Waals surface area contributed by atoms with Crippen molar-refractivity contribution in [1.29, 1.82) is 5.26 Å². The molecular formula is C13H8Cl2N4O4S2. The molecule has 0 saturated carbocycles. The molecule has 0 fully saturated rings. The van der Waals surface area contributed by atoms with E-state index in [0.29, 0.717) is 17.1 Å². The molecule has 0 aliphatic rings. The number of rotatable bonds is 4. The molecule has 2 N–H and O–H groups in total. The van der Waals surface area contributed by atoms with Gasteiger partial charge in [0.2, 0.25) is 15.0 Å². The van der Waals surface area contributed by atoms with Gasteiger partial charge in [-0.3, -0.25) is 10.1 Å². The van der Waals surface area contributed by atoms with Crippen LogP contribution in [0.5, 0.6) is 5.75 Å².